The predicted octanol–water partition coefficient (Wildman–Crippen LogP) is 2.40. The molecule has 4 aromatic rings. The Labute approximate surface area is 165 Å². The molecule has 0 aliphatic carbocycles. The zero-order chi connectivity index (χ0) is 20.5. The number of nitrogens with two attached hydrogens (primary N) is 2. The summed E-state index contributed by atoms with van der Waals surface area (Å²) in [5, 5.41) is 0.386. The van der Waals surface area contributed by atoms with Crippen molar-refractivity contribution in [1.29, 1.82) is 0 Å². The van der Waals surface area contributed by atoms with Gasteiger partial charge < -0.3 is 16.2 Å². The second kappa shape index (κ2) is 7.08. The Balaban J connectivity index is 1.91. The second-order valence-electron chi connectivity index (χ2n) is 6.33. The van der Waals surface area contributed by atoms with Gasteiger partial charge in [0.1, 0.15) is 11.4 Å². The Hall–Kier alpha value is -4.20. The Kier molecular flexibility index (Phi) is 4.44. The van der Waals surface area contributed by atoms with E-state index >= 15 is 0 Å². The molecule has 0 unspecified atom stereocenters. The van der Waals surface area contributed by atoms with Crippen molar-refractivity contribution in [3.05, 3.63) is 76.7 Å². The van der Waals surface area contributed by atoms with E-state index in [2.05, 4.69) is 9.97 Å². The van der Waals surface area contributed by atoms with Crippen molar-refractivity contribution in [1.82, 2.24) is 14.5 Å². The van der Waals surface area contributed by atoms with Crippen molar-refractivity contribution in [2.75, 3.05) is 18.6 Å². The maximum absolute atomic E-state index is 13.1. The first-order valence-corrected chi connectivity index (χ1v) is 8.71. The van der Waals surface area contributed by atoms with E-state index in [1.807, 2.05) is 18.2 Å². The Morgan fingerprint density at radius 2 is 1.79 bits per heavy atom. The third-order valence-corrected chi connectivity index (χ3v) is 4.57. The van der Waals surface area contributed by atoms with E-state index in [1.165, 1.54) is 17.9 Å². The summed E-state index contributed by atoms with van der Waals surface area (Å²) in [7, 11) is 1.27. The first-order chi connectivity index (χ1) is 14.0. The molecule has 0 aliphatic heterocycles. The molecule has 8 heteroatoms. The highest BCUT2D eigenvalue weighted by molar-refractivity contribution is 5.96. The molecule has 4 N–H and O–H groups in total. The Morgan fingerprint density at radius 3 is 2.52 bits per heavy atom. The molecule has 2 aromatic carbocycles. The molecule has 0 amide bonds. The van der Waals surface area contributed by atoms with Crippen molar-refractivity contribution in [2.45, 2.75) is 0 Å². The Bertz CT molecular complexity index is 1300. The smallest absolute Gasteiger partial charge is 0.341 e. The van der Waals surface area contributed by atoms with Gasteiger partial charge in [-0.25, -0.2) is 19.3 Å². The number of benzene rings is 2. The quantitative estimate of drug-likeness (QED) is 0.517. The molecule has 0 bridgehead atoms. The van der Waals surface area contributed by atoms with Gasteiger partial charge in [-0.15, -0.1) is 0 Å². The van der Waals surface area contributed by atoms with Crippen molar-refractivity contribution in [3.8, 4) is 16.8 Å². The number of carbonyl (C=O) groups excluding carboxylic acids is 1. The molecule has 29 heavy (non-hydrogen) atoms. The van der Waals surface area contributed by atoms with Gasteiger partial charge in [0.15, 0.2) is 0 Å². The van der Waals surface area contributed by atoms with Crippen LogP contribution in [0.2, 0.25) is 0 Å². The minimum absolute atomic E-state index is 0.0715. The van der Waals surface area contributed by atoms with Crippen LogP contribution in [0.3, 0.4) is 0 Å². The normalized spacial score (nSPS) is 10.8. The van der Waals surface area contributed by atoms with E-state index in [9.17, 15) is 9.59 Å². The molecule has 0 atom stereocenters. The van der Waals surface area contributed by atoms with E-state index in [0.29, 0.717) is 27.7 Å². The molecule has 0 fully saturated rings. The average molecular weight is 387 g/mol. The first-order valence-electron chi connectivity index (χ1n) is 8.71. The van der Waals surface area contributed by atoms with Crippen LogP contribution in [-0.2, 0) is 4.74 Å². The van der Waals surface area contributed by atoms with E-state index in [-0.39, 0.29) is 22.9 Å². The fraction of sp³-hybridized carbons (Fsp3) is 0.0476. The fourth-order valence-corrected chi connectivity index (χ4v) is 3.12. The second-order valence-corrected chi connectivity index (χ2v) is 6.33. The van der Waals surface area contributed by atoms with Crippen LogP contribution in [-0.4, -0.2) is 27.6 Å². The van der Waals surface area contributed by atoms with Crippen LogP contribution in [0.5, 0.6) is 0 Å². The highest BCUT2D eigenvalue weighted by Crippen LogP contribution is 2.25. The molecule has 4 rings (SSSR count). The number of rotatable bonds is 3. The minimum atomic E-state index is -0.585. The molecular weight excluding hydrogens is 370 g/mol. The predicted molar refractivity (Wildman–Crippen MR) is 111 cm³/mol. The van der Waals surface area contributed by atoms with Gasteiger partial charge in [0.2, 0.25) is 5.95 Å². The van der Waals surface area contributed by atoms with Crippen molar-refractivity contribution in [2.24, 2.45) is 0 Å². The highest BCUT2D eigenvalue weighted by atomic mass is 16.5. The molecule has 0 saturated carbocycles. The number of nitrogens with zero attached hydrogens (tertiary/aromatic N) is 3. The number of methoxy groups -OCH3 is 1. The van der Waals surface area contributed by atoms with E-state index in [4.69, 9.17) is 16.2 Å². The molecule has 0 radical (unpaired) electrons. The van der Waals surface area contributed by atoms with Gasteiger partial charge in [0.25, 0.3) is 5.56 Å². The summed E-state index contributed by atoms with van der Waals surface area (Å²) in [5.41, 5.74) is 14.0. The number of hydrogen-bond donors (Lipinski definition) is 2. The lowest BCUT2D eigenvalue weighted by Crippen LogP contribution is -2.23. The van der Waals surface area contributed by atoms with Crippen LogP contribution in [0.25, 0.3) is 27.7 Å². The number of anilines is 2. The molecule has 0 saturated heterocycles. The standard InChI is InChI=1S/C21H17N5O3/c1-29-20(28)16-10-13(11-24-18(16)22)12-7-8-17-15(9-12)19(27)26(21(23)25-17)14-5-3-2-4-6-14/h2-11H,1H3,(H2,22,24)(H2,23,25). The maximum atomic E-state index is 13.1. The van der Waals surface area contributed by atoms with Gasteiger partial charge in [0, 0.05) is 11.8 Å². The molecule has 0 aliphatic rings. The summed E-state index contributed by atoms with van der Waals surface area (Å²) >= 11 is 0. The lowest BCUT2D eigenvalue weighted by atomic mass is 10.0. The number of esters is 1. The van der Waals surface area contributed by atoms with Gasteiger partial charge in [-0.3, -0.25) is 4.79 Å². The number of para-hydroxylation sites is 1. The summed E-state index contributed by atoms with van der Waals surface area (Å²) in [6.07, 6.45) is 1.53. The van der Waals surface area contributed by atoms with Crippen LogP contribution < -0.4 is 17.0 Å². The summed E-state index contributed by atoms with van der Waals surface area (Å²) in [6.45, 7) is 0. The van der Waals surface area contributed by atoms with Crippen molar-refractivity contribution in [3.63, 3.8) is 0 Å². The van der Waals surface area contributed by atoms with Crippen LogP contribution in [0.4, 0.5) is 11.8 Å². The topological polar surface area (TPSA) is 126 Å². The fourth-order valence-electron chi connectivity index (χ4n) is 3.12. The third-order valence-electron chi connectivity index (χ3n) is 4.57. The summed E-state index contributed by atoms with van der Waals surface area (Å²) < 4.78 is 6.09. The zero-order valence-electron chi connectivity index (χ0n) is 15.5. The molecule has 8 nitrogen and oxygen atoms in total. The van der Waals surface area contributed by atoms with E-state index in [0.717, 1.165) is 0 Å². The number of pyridine rings is 1. The SMILES string of the molecule is COC(=O)c1cc(-c2ccc3nc(N)n(-c4ccccc4)c(=O)c3c2)cnc1N. The molecule has 144 valence electrons. The van der Waals surface area contributed by atoms with Gasteiger partial charge >= 0.3 is 5.97 Å². The van der Waals surface area contributed by atoms with Gasteiger partial charge in [-0.05, 0) is 35.9 Å². The number of fused-ring (bicyclic) bond motifs is 1. The maximum Gasteiger partial charge on any atom is 0.341 e. The third kappa shape index (κ3) is 3.16. The molecule has 0 spiro atoms. The summed E-state index contributed by atoms with van der Waals surface area (Å²) in [4.78, 5) is 33.5. The first kappa shape index (κ1) is 18.2. The van der Waals surface area contributed by atoms with E-state index in [1.54, 1.807) is 36.4 Å². The van der Waals surface area contributed by atoms with Crippen LogP contribution in [0, 0.1) is 0 Å². The van der Waals surface area contributed by atoms with Crippen LogP contribution >= 0.6 is 0 Å². The Morgan fingerprint density at radius 1 is 1.03 bits per heavy atom. The van der Waals surface area contributed by atoms with Gasteiger partial charge in [0.05, 0.1) is 23.7 Å². The molecule has 2 aromatic heterocycles. The minimum Gasteiger partial charge on any atom is -0.465 e. The number of ether oxygens (including phenoxy) is 1. The van der Waals surface area contributed by atoms with Gasteiger partial charge in [-0.2, -0.15) is 0 Å². The lowest BCUT2D eigenvalue weighted by molar-refractivity contribution is 0.0601. The van der Waals surface area contributed by atoms with Crippen molar-refractivity contribution < 1.29 is 9.53 Å². The largest absolute Gasteiger partial charge is 0.465 e. The summed E-state index contributed by atoms with van der Waals surface area (Å²) in [5.74, 6) is -0.413. The number of carbonyl (C=O) groups is 1. The summed E-state index contributed by atoms with van der Waals surface area (Å²) in [6, 6.07) is 15.8. The molecule has 2 heterocycles. The average Bonchev–Trinajstić information content (AvgIpc) is 2.74. The monoisotopic (exact) mass is 387 g/mol. The van der Waals surface area contributed by atoms with Crippen molar-refractivity contribution >= 4 is 28.6 Å². The number of hydrogen-bond acceptors (Lipinski definition) is 7. The van der Waals surface area contributed by atoms with Crippen LogP contribution in [0.15, 0.2) is 65.6 Å². The lowest BCUT2D eigenvalue weighted by Gasteiger charge is -2.11. The highest BCUT2D eigenvalue weighted by Gasteiger charge is 2.15. The number of aromatic nitrogens is 3. The molecular formula is C21H17N5O3. The zero-order valence-corrected chi connectivity index (χ0v) is 15.5. The van der Waals surface area contributed by atoms with E-state index < -0.39 is 5.97 Å². The van der Waals surface area contributed by atoms with Crippen LogP contribution in [0.1, 0.15) is 10.4 Å². The van der Waals surface area contributed by atoms with Gasteiger partial charge in [-0.1, -0.05) is 24.3 Å². The number of nitrogen functional groups attached to an aromatic ring is 2.